The highest BCUT2D eigenvalue weighted by atomic mass is 16.5. The van der Waals surface area contributed by atoms with E-state index in [1.807, 2.05) is 36.4 Å². The van der Waals surface area contributed by atoms with E-state index >= 15 is 0 Å². The Morgan fingerprint density at radius 3 is 2.22 bits per heavy atom. The summed E-state index contributed by atoms with van der Waals surface area (Å²) in [4.78, 5) is 17.8. The van der Waals surface area contributed by atoms with Gasteiger partial charge < -0.3 is 20.3 Å². The van der Waals surface area contributed by atoms with Gasteiger partial charge in [-0.05, 0) is 28.8 Å². The van der Waals surface area contributed by atoms with E-state index in [9.17, 15) is 4.79 Å². The van der Waals surface area contributed by atoms with Crippen molar-refractivity contribution in [2.75, 3.05) is 28.3 Å². The molecule has 2 N–H and O–H groups in total. The number of carbonyl (C=O) groups is 1. The monoisotopic (exact) mass is 368 g/mol. The number of carbonyl (C=O) groups excluding carboxylic acids is 1. The van der Waals surface area contributed by atoms with E-state index in [0.29, 0.717) is 25.3 Å². The summed E-state index contributed by atoms with van der Waals surface area (Å²) < 4.78 is 5.17. The van der Waals surface area contributed by atoms with Crippen molar-refractivity contribution in [1.29, 1.82) is 0 Å². The number of rotatable bonds is 7. The summed E-state index contributed by atoms with van der Waals surface area (Å²) in [6.07, 6.45) is 0. The zero-order valence-corrected chi connectivity index (χ0v) is 16.5. The molecule has 0 aliphatic carbocycles. The molecule has 27 heavy (non-hydrogen) atoms. The van der Waals surface area contributed by atoms with Gasteiger partial charge in [0.05, 0.1) is 6.61 Å². The molecule has 0 bridgehead atoms. The summed E-state index contributed by atoms with van der Waals surface area (Å²) in [6.45, 7) is 1.90. The maximum atomic E-state index is 11.9. The van der Waals surface area contributed by atoms with Crippen molar-refractivity contribution in [3.8, 4) is 0 Å². The van der Waals surface area contributed by atoms with Crippen LogP contribution in [0.1, 0.15) is 27.0 Å². The molecule has 0 spiro atoms. The van der Waals surface area contributed by atoms with E-state index in [0.717, 1.165) is 17.1 Å². The van der Waals surface area contributed by atoms with Crippen LogP contribution in [0.25, 0.3) is 0 Å². The van der Waals surface area contributed by atoms with Crippen molar-refractivity contribution >= 4 is 11.9 Å². The van der Waals surface area contributed by atoms with Crippen LogP contribution < -0.4 is 10.6 Å². The molecular formula is C21H28N4O2. The van der Waals surface area contributed by atoms with E-state index < -0.39 is 0 Å². The maximum Gasteiger partial charge on any atom is 0.253 e. The molecule has 0 aliphatic heterocycles. The number of nitrogens with zero attached hydrogens (tertiary/aromatic N) is 2. The second kappa shape index (κ2) is 10.3. The Labute approximate surface area is 161 Å². The molecule has 0 saturated heterocycles. The van der Waals surface area contributed by atoms with E-state index in [-0.39, 0.29) is 5.91 Å². The minimum absolute atomic E-state index is 0.00249. The molecule has 2 rings (SSSR count). The molecule has 144 valence electrons. The first kappa shape index (κ1) is 20.5. The molecule has 2 aromatic carbocycles. The first-order valence-electron chi connectivity index (χ1n) is 8.85. The lowest BCUT2D eigenvalue weighted by molar-refractivity contribution is 0.0827. The molecule has 0 aromatic heterocycles. The molecule has 6 nitrogen and oxygen atoms in total. The number of aliphatic imine (C=N–C) groups is 1. The lowest BCUT2D eigenvalue weighted by Gasteiger charge is -2.13. The average Bonchev–Trinajstić information content (AvgIpc) is 2.68. The van der Waals surface area contributed by atoms with Crippen LogP contribution in [-0.4, -0.2) is 45.0 Å². The zero-order chi connectivity index (χ0) is 19.6. The summed E-state index contributed by atoms with van der Waals surface area (Å²) in [5.74, 6) is 0.725. The standard InChI is InChI=1S/C21H28N4O2/c1-22-21(24-14-17-6-5-7-18(12-17)15-27-4)23-13-16-8-10-19(11-9-16)20(26)25(2)3/h5-12H,13-15H2,1-4H3,(H2,22,23,24). The van der Waals surface area contributed by atoms with Gasteiger partial charge in [-0.3, -0.25) is 9.79 Å². The predicted molar refractivity (Wildman–Crippen MR) is 109 cm³/mol. The first-order chi connectivity index (χ1) is 13.0. The minimum Gasteiger partial charge on any atom is -0.380 e. The highest BCUT2D eigenvalue weighted by Gasteiger charge is 2.07. The number of hydrogen-bond acceptors (Lipinski definition) is 3. The SMILES string of the molecule is CN=C(NCc1ccc(C(=O)N(C)C)cc1)NCc1cccc(COC)c1. The van der Waals surface area contributed by atoms with Crippen molar-refractivity contribution < 1.29 is 9.53 Å². The molecule has 6 heteroatoms. The van der Waals surface area contributed by atoms with Crippen LogP contribution in [0.5, 0.6) is 0 Å². The second-order valence-corrected chi connectivity index (χ2v) is 6.43. The molecule has 0 unspecified atom stereocenters. The molecule has 0 atom stereocenters. The number of nitrogens with one attached hydrogen (secondary N) is 2. The molecule has 0 aliphatic rings. The number of guanidine groups is 1. The Bertz CT molecular complexity index is 770. The number of methoxy groups -OCH3 is 1. The van der Waals surface area contributed by atoms with Crippen molar-refractivity contribution in [2.24, 2.45) is 4.99 Å². The summed E-state index contributed by atoms with van der Waals surface area (Å²) in [7, 11) is 6.94. The average molecular weight is 368 g/mol. The van der Waals surface area contributed by atoms with Crippen LogP contribution >= 0.6 is 0 Å². The van der Waals surface area contributed by atoms with Gasteiger partial charge in [0, 0.05) is 46.9 Å². The Kier molecular flexibility index (Phi) is 7.82. The van der Waals surface area contributed by atoms with Gasteiger partial charge in [0.15, 0.2) is 5.96 Å². The van der Waals surface area contributed by atoms with E-state index in [4.69, 9.17) is 4.74 Å². The normalized spacial score (nSPS) is 11.2. The smallest absolute Gasteiger partial charge is 0.253 e. The minimum atomic E-state index is 0.00249. The number of amides is 1. The van der Waals surface area contributed by atoms with Gasteiger partial charge in [-0.2, -0.15) is 0 Å². The Hall–Kier alpha value is -2.86. The quantitative estimate of drug-likeness (QED) is 0.582. The fourth-order valence-electron chi connectivity index (χ4n) is 2.61. The summed E-state index contributed by atoms with van der Waals surface area (Å²) in [5, 5.41) is 6.59. The van der Waals surface area contributed by atoms with Crippen LogP contribution in [0.15, 0.2) is 53.5 Å². The molecule has 1 amide bonds. The van der Waals surface area contributed by atoms with Gasteiger partial charge in [-0.1, -0.05) is 36.4 Å². The van der Waals surface area contributed by atoms with Gasteiger partial charge in [-0.15, -0.1) is 0 Å². The number of benzene rings is 2. The number of hydrogen-bond donors (Lipinski definition) is 2. The van der Waals surface area contributed by atoms with Crippen molar-refractivity contribution in [2.45, 2.75) is 19.7 Å². The molecule has 0 fully saturated rings. The summed E-state index contributed by atoms with van der Waals surface area (Å²) in [5.41, 5.74) is 4.07. The topological polar surface area (TPSA) is 66.0 Å². The molecule has 2 aromatic rings. The van der Waals surface area contributed by atoms with Gasteiger partial charge in [0.1, 0.15) is 0 Å². The molecule has 0 radical (unpaired) electrons. The van der Waals surface area contributed by atoms with Crippen LogP contribution in [0, 0.1) is 0 Å². The highest BCUT2D eigenvalue weighted by Crippen LogP contribution is 2.07. The predicted octanol–water partition coefficient (Wildman–Crippen LogP) is 2.40. The largest absolute Gasteiger partial charge is 0.380 e. The van der Waals surface area contributed by atoms with Crippen molar-refractivity contribution in [1.82, 2.24) is 15.5 Å². The number of ether oxygens (including phenoxy) is 1. The van der Waals surface area contributed by atoms with E-state index in [2.05, 4.69) is 27.8 Å². The van der Waals surface area contributed by atoms with E-state index in [1.165, 1.54) is 5.56 Å². The summed E-state index contributed by atoms with van der Waals surface area (Å²) >= 11 is 0. The van der Waals surface area contributed by atoms with Gasteiger partial charge in [0.25, 0.3) is 5.91 Å². The molecular weight excluding hydrogens is 340 g/mol. The van der Waals surface area contributed by atoms with Crippen molar-refractivity contribution in [3.05, 3.63) is 70.8 Å². The van der Waals surface area contributed by atoms with Gasteiger partial charge >= 0.3 is 0 Å². The molecule has 0 saturated carbocycles. The third kappa shape index (κ3) is 6.42. The lowest BCUT2D eigenvalue weighted by atomic mass is 10.1. The van der Waals surface area contributed by atoms with Gasteiger partial charge in [-0.25, -0.2) is 0 Å². The third-order valence-corrected chi connectivity index (χ3v) is 4.05. The van der Waals surface area contributed by atoms with E-state index in [1.54, 1.807) is 33.2 Å². The van der Waals surface area contributed by atoms with Crippen LogP contribution in [-0.2, 0) is 24.4 Å². The Morgan fingerprint density at radius 2 is 1.63 bits per heavy atom. The second-order valence-electron chi connectivity index (χ2n) is 6.43. The van der Waals surface area contributed by atoms with Crippen LogP contribution in [0.4, 0.5) is 0 Å². The maximum absolute atomic E-state index is 11.9. The zero-order valence-electron chi connectivity index (χ0n) is 16.5. The highest BCUT2D eigenvalue weighted by molar-refractivity contribution is 5.93. The lowest BCUT2D eigenvalue weighted by Crippen LogP contribution is -2.36. The first-order valence-corrected chi connectivity index (χ1v) is 8.85. The van der Waals surface area contributed by atoms with Gasteiger partial charge in [0.2, 0.25) is 0 Å². The molecule has 0 heterocycles. The van der Waals surface area contributed by atoms with Crippen LogP contribution in [0.3, 0.4) is 0 Å². The van der Waals surface area contributed by atoms with Crippen molar-refractivity contribution in [3.63, 3.8) is 0 Å². The summed E-state index contributed by atoms with van der Waals surface area (Å²) in [6, 6.07) is 15.8. The Balaban J connectivity index is 1.87. The van der Waals surface area contributed by atoms with Crippen LogP contribution in [0.2, 0.25) is 0 Å². The fourth-order valence-corrected chi connectivity index (χ4v) is 2.61. The Morgan fingerprint density at radius 1 is 1.00 bits per heavy atom. The third-order valence-electron chi connectivity index (χ3n) is 4.05. The fraction of sp³-hybridized carbons (Fsp3) is 0.333.